The van der Waals surface area contributed by atoms with Gasteiger partial charge in [0.05, 0.1) is 31.9 Å². The normalized spacial score (nSPS) is 21.3. The highest BCUT2D eigenvalue weighted by Gasteiger charge is 2.39. The molecule has 1 aromatic rings. The third-order valence-corrected chi connectivity index (χ3v) is 10.2. The van der Waals surface area contributed by atoms with Crippen molar-refractivity contribution in [1.29, 1.82) is 0 Å². The number of amides is 1. The molecule has 1 aliphatic rings. The molecule has 0 radical (unpaired) electrons. The van der Waals surface area contributed by atoms with Crippen molar-refractivity contribution in [3.8, 4) is 0 Å². The molecule has 3 N–H and O–H groups in total. The maximum atomic E-state index is 11.8. The average molecular weight is 396 g/mol. The van der Waals surface area contributed by atoms with Crippen LogP contribution in [0.15, 0.2) is 18.3 Å². The molecule has 8 heteroatoms. The second kappa shape index (κ2) is 8.58. The van der Waals surface area contributed by atoms with Gasteiger partial charge in [0.2, 0.25) is 0 Å². The van der Waals surface area contributed by atoms with Crippen LogP contribution in [0.2, 0.25) is 18.1 Å². The quantitative estimate of drug-likeness (QED) is 0.717. The molecule has 1 saturated heterocycles. The predicted octanol–water partition coefficient (Wildman–Crippen LogP) is 3.37. The molecule has 1 aliphatic heterocycles. The number of morpholine rings is 1. The van der Waals surface area contributed by atoms with Crippen LogP contribution in [0.25, 0.3) is 0 Å². The first-order valence-corrected chi connectivity index (χ1v) is 12.4. The number of nitrogens with two attached hydrogens (primary N) is 1. The number of carbonyl (C=O) groups is 1. The molecule has 0 bridgehead atoms. The van der Waals surface area contributed by atoms with Crippen LogP contribution >= 0.6 is 0 Å². The van der Waals surface area contributed by atoms with Crippen LogP contribution in [-0.2, 0) is 15.6 Å². The average Bonchev–Trinajstić information content (AvgIpc) is 2.58. The lowest BCUT2D eigenvalue weighted by molar-refractivity contribution is -0.0671. The number of carboxylic acid groups (broad SMARTS) is 1. The van der Waals surface area contributed by atoms with Gasteiger partial charge in [-0.3, -0.25) is 4.90 Å². The molecular formula is C19H33N3O4Si. The number of pyridine rings is 1. The fourth-order valence-electron chi connectivity index (χ4n) is 2.81. The van der Waals surface area contributed by atoms with Crippen LogP contribution in [0.5, 0.6) is 0 Å². The summed E-state index contributed by atoms with van der Waals surface area (Å²) in [5, 5.41) is 9.73. The molecule has 0 saturated carbocycles. The van der Waals surface area contributed by atoms with Gasteiger partial charge in [0.15, 0.2) is 8.32 Å². The second-order valence-corrected chi connectivity index (χ2v) is 13.5. The number of hydrogen-bond acceptors (Lipinski definition) is 5. The van der Waals surface area contributed by atoms with E-state index in [-0.39, 0.29) is 17.2 Å². The van der Waals surface area contributed by atoms with Gasteiger partial charge >= 0.3 is 6.09 Å². The van der Waals surface area contributed by atoms with E-state index in [0.29, 0.717) is 38.4 Å². The molecular weight excluding hydrogens is 362 g/mol. The fraction of sp³-hybridized carbons (Fsp3) is 0.684. The van der Waals surface area contributed by atoms with Crippen molar-refractivity contribution in [3.05, 3.63) is 23.9 Å². The van der Waals surface area contributed by atoms with Crippen molar-refractivity contribution in [2.24, 2.45) is 0 Å². The van der Waals surface area contributed by atoms with E-state index in [2.05, 4.69) is 38.8 Å². The molecule has 1 fully saturated rings. The second-order valence-electron chi connectivity index (χ2n) is 8.70. The number of aromatic nitrogens is 1. The zero-order valence-corrected chi connectivity index (χ0v) is 18.1. The molecule has 1 amide bonds. The lowest BCUT2D eigenvalue weighted by Gasteiger charge is -2.41. The van der Waals surface area contributed by atoms with Crippen LogP contribution in [-0.4, -0.2) is 61.3 Å². The van der Waals surface area contributed by atoms with Gasteiger partial charge in [-0.15, -0.1) is 0 Å². The largest absolute Gasteiger partial charge is 0.465 e. The molecule has 0 unspecified atom stereocenters. The molecule has 0 aliphatic carbocycles. The number of aryl methyl sites for hydroxylation is 1. The van der Waals surface area contributed by atoms with Crippen LogP contribution < -0.4 is 5.73 Å². The van der Waals surface area contributed by atoms with Crippen LogP contribution in [0.3, 0.4) is 0 Å². The topological polar surface area (TPSA) is 97.9 Å². The van der Waals surface area contributed by atoms with Crippen LogP contribution in [0.4, 0.5) is 10.6 Å². The third kappa shape index (κ3) is 5.67. The van der Waals surface area contributed by atoms with E-state index in [0.717, 1.165) is 5.56 Å². The number of hydrogen-bond donors (Lipinski definition) is 2. The molecule has 152 valence electrons. The Morgan fingerprint density at radius 1 is 1.48 bits per heavy atom. The summed E-state index contributed by atoms with van der Waals surface area (Å²) in [6, 6.07) is 3.53. The van der Waals surface area contributed by atoms with Gasteiger partial charge in [0.25, 0.3) is 0 Å². The van der Waals surface area contributed by atoms with Crippen molar-refractivity contribution >= 4 is 20.2 Å². The van der Waals surface area contributed by atoms with Crippen LogP contribution in [0, 0.1) is 0 Å². The SMILES string of the molecule is CC(C)(C)[Si](C)(C)OC[C@@H]1CO[C@H](CCc2cccnc2N)CN1C(=O)O. The van der Waals surface area contributed by atoms with Gasteiger partial charge in [0, 0.05) is 6.20 Å². The molecule has 2 atom stereocenters. The summed E-state index contributed by atoms with van der Waals surface area (Å²) < 4.78 is 12.2. The van der Waals surface area contributed by atoms with Crippen molar-refractivity contribution in [3.63, 3.8) is 0 Å². The Kier molecular flexibility index (Phi) is 6.88. The Hall–Kier alpha value is -1.64. The van der Waals surface area contributed by atoms with Crippen molar-refractivity contribution in [2.75, 3.05) is 25.5 Å². The Morgan fingerprint density at radius 2 is 2.19 bits per heavy atom. The van der Waals surface area contributed by atoms with Gasteiger partial charge in [-0.2, -0.15) is 0 Å². The Labute approximate surface area is 163 Å². The highest BCUT2D eigenvalue weighted by atomic mass is 28.4. The minimum Gasteiger partial charge on any atom is -0.465 e. The van der Waals surface area contributed by atoms with Gasteiger partial charge in [-0.05, 0) is 42.6 Å². The van der Waals surface area contributed by atoms with Gasteiger partial charge in [-0.25, -0.2) is 9.78 Å². The first-order valence-electron chi connectivity index (χ1n) is 9.46. The van der Waals surface area contributed by atoms with Gasteiger partial charge in [-0.1, -0.05) is 26.8 Å². The van der Waals surface area contributed by atoms with E-state index >= 15 is 0 Å². The molecule has 2 rings (SSSR count). The number of ether oxygens (including phenoxy) is 1. The monoisotopic (exact) mass is 395 g/mol. The maximum Gasteiger partial charge on any atom is 0.407 e. The zero-order valence-electron chi connectivity index (χ0n) is 17.1. The number of nitrogen functional groups attached to an aromatic ring is 1. The molecule has 1 aromatic heterocycles. The smallest absolute Gasteiger partial charge is 0.407 e. The van der Waals surface area contributed by atoms with Crippen molar-refractivity contribution in [1.82, 2.24) is 9.88 Å². The van der Waals surface area contributed by atoms with E-state index in [4.69, 9.17) is 14.9 Å². The molecule has 7 nitrogen and oxygen atoms in total. The molecule has 2 heterocycles. The summed E-state index contributed by atoms with van der Waals surface area (Å²) in [6.07, 6.45) is 2.01. The van der Waals surface area contributed by atoms with E-state index in [9.17, 15) is 9.90 Å². The van der Waals surface area contributed by atoms with E-state index in [1.165, 1.54) is 4.90 Å². The number of rotatable bonds is 6. The first kappa shape index (κ1) is 21.7. The minimum atomic E-state index is -1.93. The lowest BCUT2D eigenvalue weighted by Crippen LogP contribution is -2.55. The minimum absolute atomic E-state index is 0.0861. The van der Waals surface area contributed by atoms with E-state index in [1.807, 2.05) is 12.1 Å². The third-order valence-electron chi connectivity index (χ3n) is 5.72. The Balaban J connectivity index is 1.93. The zero-order chi connectivity index (χ0) is 20.2. The summed E-state index contributed by atoms with van der Waals surface area (Å²) in [7, 11) is -1.93. The Morgan fingerprint density at radius 3 is 2.78 bits per heavy atom. The summed E-state index contributed by atoms with van der Waals surface area (Å²) in [6.45, 7) is 11.9. The first-order chi connectivity index (χ1) is 12.5. The van der Waals surface area contributed by atoms with Crippen molar-refractivity contribution in [2.45, 2.75) is 63.9 Å². The lowest BCUT2D eigenvalue weighted by atomic mass is 10.1. The summed E-state index contributed by atoms with van der Waals surface area (Å²) in [4.78, 5) is 17.3. The van der Waals surface area contributed by atoms with Gasteiger partial charge < -0.3 is 20.0 Å². The van der Waals surface area contributed by atoms with Crippen molar-refractivity contribution < 1.29 is 19.1 Å². The van der Waals surface area contributed by atoms with E-state index < -0.39 is 14.4 Å². The molecule has 0 spiro atoms. The summed E-state index contributed by atoms with van der Waals surface area (Å²) >= 11 is 0. The predicted molar refractivity (Wildman–Crippen MR) is 108 cm³/mol. The highest BCUT2D eigenvalue weighted by molar-refractivity contribution is 6.74. The standard InChI is InChI=1S/C19H33N3O4Si/c1-19(2,3)27(4,5)26-13-15-12-25-16(11-22(15)18(23)24)9-8-14-7-6-10-21-17(14)20/h6-7,10,15-16H,8-9,11-13H2,1-5H3,(H2,20,21)(H,23,24)/t15-,16+/m0/s1. The maximum absolute atomic E-state index is 11.8. The summed E-state index contributed by atoms with van der Waals surface area (Å²) in [5.41, 5.74) is 6.84. The number of nitrogens with zero attached hydrogens (tertiary/aromatic N) is 2. The summed E-state index contributed by atoms with van der Waals surface area (Å²) in [5.74, 6) is 0.518. The molecule has 0 aromatic carbocycles. The fourth-order valence-corrected chi connectivity index (χ4v) is 3.85. The van der Waals surface area contributed by atoms with Crippen LogP contribution in [0.1, 0.15) is 32.8 Å². The Bertz CT molecular complexity index is 648. The van der Waals surface area contributed by atoms with Gasteiger partial charge in [0.1, 0.15) is 5.82 Å². The number of anilines is 1. The highest BCUT2D eigenvalue weighted by Crippen LogP contribution is 2.36. The van der Waals surface area contributed by atoms with E-state index in [1.54, 1.807) is 6.20 Å². The molecule has 27 heavy (non-hydrogen) atoms.